The highest BCUT2D eigenvalue weighted by molar-refractivity contribution is 6.30. The minimum absolute atomic E-state index is 0.102. The van der Waals surface area contributed by atoms with Gasteiger partial charge in [0, 0.05) is 29.3 Å². The molecule has 2 heterocycles. The Kier molecular flexibility index (Phi) is 5.30. The molecule has 0 aliphatic rings. The molecule has 0 aliphatic heterocycles. The van der Waals surface area contributed by atoms with Crippen molar-refractivity contribution in [2.75, 3.05) is 12.4 Å². The van der Waals surface area contributed by atoms with Crippen LogP contribution >= 0.6 is 11.6 Å². The maximum absolute atomic E-state index is 12.1. The zero-order chi connectivity index (χ0) is 17.6. The van der Waals surface area contributed by atoms with Gasteiger partial charge in [0.25, 0.3) is 0 Å². The second kappa shape index (κ2) is 7.81. The lowest BCUT2D eigenvalue weighted by Gasteiger charge is -2.04. The van der Waals surface area contributed by atoms with E-state index < -0.39 is 0 Å². The lowest BCUT2D eigenvalue weighted by Crippen LogP contribution is -2.12. The maximum Gasteiger partial charge on any atom is 0.225 e. The Balaban J connectivity index is 1.61. The van der Waals surface area contributed by atoms with Crippen molar-refractivity contribution < 1.29 is 9.53 Å². The van der Waals surface area contributed by atoms with Gasteiger partial charge in [-0.25, -0.2) is 0 Å². The predicted molar refractivity (Wildman–Crippen MR) is 96.8 cm³/mol. The Morgan fingerprint density at radius 1 is 1.28 bits per heavy atom. The molecule has 0 fully saturated rings. The van der Waals surface area contributed by atoms with Crippen molar-refractivity contribution >= 4 is 23.3 Å². The van der Waals surface area contributed by atoms with E-state index in [0.717, 1.165) is 16.8 Å². The number of nitrogens with one attached hydrogen (secondary N) is 2. The third kappa shape index (κ3) is 4.36. The summed E-state index contributed by atoms with van der Waals surface area (Å²) >= 11 is 5.85. The highest BCUT2D eigenvalue weighted by Crippen LogP contribution is 2.28. The van der Waals surface area contributed by atoms with Crippen molar-refractivity contribution in [1.82, 2.24) is 15.2 Å². The van der Waals surface area contributed by atoms with Gasteiger partial charge in [0.05, 0.1) is 19.0 Å². The molecular formula is C18H17ClN4O2. The van der Waals surface area contributed by atoms with Crippen LogP contribution in [0.25, 0.3) is 11.3 Å². The number of H-pyrrole nitrogens is 1. The number of methoxy groups -OCH3 is 1. The number of aromatic nitrogens is 3. The molecule has 0 radical (unpaired) electrons. The number of aromatic amines is 1. The zero-order valence-electron chi connectivity index (χ0n) is 13.6. The number of anilines is 1. The van der Waals surface area contributed by atoms with Gasteiger partial charge in [-0.3, -0.25) is 14.9 Å². The topological polar surface area (TPSA) is 79.9 Å². The van der Waals surface area contributed by atoms with Crippen molar-refractivity contribution in [3.8, 4) is 17.0 Å². The van der Waals surface area contributed by atoms with Crippen LogP contribution in [0.4, 0.5) is 5.82 Å². The van der Waals surface area contributed by atoms with E-state index in [9.17, 15) is 4.79 Å². The number of halogens is 1. The van der Waals surface area contributed by atoms with E-state index in [4.69, 9.17) is 16.3 Å². The van der Waals surface area contributed by atoms with Gasteiger partial charge < -0.3 is 10.1 Å². The summed E-state index contributed by atoms with van der Waals surface area (Å²) in [5.41, 5.74) is 2.63. The lowest BCUT2D eigenvalue weighted by atomic mass is 10.1. The van der Waals surface area contributed by atoms with Gasteiger partial charge in [0.2, 0.25) is 5.91 Å². The number of carbonyl (C=O) groups excluding carboxylic acids is 1. The Morgan fingerprint density at radius 3 is 2.84 bits per heavy atom. The van der Waals surface area contributed by atoms with Crippen LogP contribution in [0.3, 0.4) is 0 Å². The fourth-order valence-corrected chi connectivity index (χ4v) is 2.53. The normalized spacial score (nSPS) is 10.5. The molecule has 0 saturated heterocycles. The van der Waals surface area contributed by atoms with Crippen LogP contribution in [-0.4, -0.2) is 28.2 Å². The number of benzene rings is 1. The van der Waals surface area contributed by atoms with Gasteiger partial charge in [-0.15, -0.1) is 0 Å². The van der Waals surface area contributed by atoms with Crippen molar-refractivity contribution in [3.05, 3.63) is 59.4 Å². The van der Waals surface area contributed by atoms with Crippen LogP contribution in [0.1, 0.15) is 12.0 Å². The number of rotatable bonds is 6. The van der Waals surface area contributed by atoms with Crippen LogP contribution in [0.15, 0.2) is 48.8 Å². The summed E-state index contributed by atoms with van der Waals surface area (Å²) in [6.07, 6.45) is 4.30. The average Bonchev–Trinajstić information content (AvgIpc) is 3.09. The summed E-state index contributed by atoms with van der Waals surface area (Å²) in [6.45, 7) is 0. The van der Waals surface area contributed by atoms with Crippen molar-refractivity contribution in [3.63, 3.8) is 0 Å². The molecule has 1 aromatic carbocycles. The molecular weight excluding hydrogens is 340 g/mol. The molecule has 0 aliphatic carbocycles. The number of hydrogen-bond acceptors (Lipinski definition) is 4. The van der Waals surface area contributed by atoms with Gasteiger partial charge in [-0.1, -0.05) is 23.7 Å². The van der Waals surface area contributed by atoms with Crippen molar-refractivity contribution in [2.24, 2.45) is 0 Å². The highest BCUT2D eigenvalue weighted by atomic mass is 35.5. The first-order chi connectivity index (χ1) is 12.2. The lowest BCUT2D eigenvalue weighted by molar-refractivity contribution is -0.116. The molecule has 25 heavy (non-hydrogen) atoms. The van der Waals surface area contributed by atoms with E-state index in [0.29, 0.717) is 29.4 Å². The summed E-state index contributed by atoms with van der Waals surface area (Å²) in [7, 11) is 1.58. The summed E-state index contributed by atoms with van der Waals surface area (Å²) in [5, 5.41) is 10.5. The molecule has 3 aromatic rings. The monoisotopic (exact) mass is 356 g/mol. The van der Waals surface area contributed by atoms with E-state index in [1.165, 1.54) is 0 Å². The highest BCUT2D eigenvalue weighted by Gasteiger charge is 2.11. The van der Waals surface area contributed by atoms with E-state index >= 15 is 0 Å². The summed E-state index contributed by atoms with van der Waals surface area (Å²) in [5.74, 6) is 0.997. The van der Waals surface area contributed by atoms with E-state index in [2.05, 4.69) is 20.5 Å². The Labute approximate surface area is 150 Å². The molecule has 7 heteroatoms. The summed E-state index contributed by atoms with van der Waals surface area (Å²) < 4.78 is 5.28. The molecule has 2 aromatic heterocycles. The van der Waals surface area contributed by atoms with Gasteiger partial charge in [-0.05, 0) is 30.2 Å². The molecule has 3 rings (SSSR count). The number of aryl methyl sites for hydroxylation is 1. The van der Waals surface area contributed by atoms with Crippen LogP contribution in [0, 0.1) is 0 Å². The Bertz CT molecular complexity index is 862. The molecule has 0 bridgehead atoms. The van der Waals surface area contributed by atoms with Crippen LogP contribution in [0.2, 0.25) is 5.02 Å². The summed E-state index contributed by atoms with van der Waals surface area (Å²) in [6, 6.07) is 11.0. The third-order valence-electron chi connectivity index (χ3n) is 3.69. The second-order valence-electron chi connectivity index (χ2n) is 5.42. The Morgan fingerprint density at radius 2 is 2.08 bits per heavy atom. The molecule has 0 saturated carbocycles. The van der Waals surface area contributed by atoms with Gasteiger partial charge >= 0.3 is 0 Å². The van der Waals surface area contributed by atoms with Gasteiger partial charge in [-0.2, -0.15) is 5.10 Å². The standard InChI is InChI=1S/C18H17ClN4O2/c1-25-16-11-20-9-8-14(16)15-10-17(23-22-15)21-18(24)7-4-12-2-5-13(19)6-3-12/h2-3,5-6,8-11H,4,7H2,1H3,(H2,21,22,23,24). The molecule has 128 valence electrons. The molecule has 0 spiro atoms. The average molecular weight is 357 g/mol. The van der Waals surface area contributed by atoms with E-state index in [1.54, 1.807) is 25.6 Å². The molecule has 2 N–H and O–H groups in total. The molecule has 0 atom stereocenters. The first-order valence-corrected chi connectivity index (χ1v) is 8.11. The van der Waals surface area contributed by atoms with Gasteiger partial charge in [0.15, 0.2) is 5.82 Å². The fourth-order valence-electron chi connectivity index (χ4n) is 2.40. The first-order valence-electron chi connectivity index (χ1n) is 7.74. The zero-order valence-corrected chi connectivity index (χ0v) is 14.4. The van der Waals surface area contributed by atoms with Crippen LogP contribution < -0.4 is 10.1 Å². The third-order valence-corrected chi connectivity index (χ3v) is 3.95. The number of amides is 1. The van der Waals surface area contributed by atoms with Gasteiger partial charge in [0.1, 0.15) is 5.75 Å². The number of carbonyl (C=O) groups is 1. The minimum atomic E-state index is -0.102. The number of pyridine rings is 1. The fraction of sp³-hybridized carbons (Fsp3) is 0.167. The SMILES string of the molecule is COc1cnccc1-c1cc(NC(=O)CCc2ccc(Cl)cc2)n[nH]1. The largest absolute Gasteiger partial charge is 0.494 e. The minimum Gasteiger partial charge on any atom is -0.494 e. The van der Waals surface area contributed by atoms with E-state index in [-0.39, 0.29) is 5.91 Å². The maximum atomic E-state index is 12.1. The number of nitrogens with zero attached hydrogens (tertiary/aromatic N) is 2. The Hall–Kier alpha value is -2.86. The van der Waals surface area contributed by atoms with Crippen LogP contribution in [-0.2, 0) is 11.2 Å². The quantitative estimate of drug-likeness (QED) is 0.705. The molecule has 0 unspecified atom stereocenters. The molecule has 1 amide bonds. The summed E-state index contributed by atoms with van der Waals surface area (Å²) in [4.78, 5) is 16.1. The number of hydrogen-bond donors (Lipinski definition) is 2. The predicted octanol–water partition coefficient (Wildman–Crippen LogP) is 3.71. The smallest absolute Gasteiger partial charge is 0.225 e. The molecule has 6 nitrogen and oxygen atoms in total. The van der Waals surface area contributed by atoms with Crippen molar-refractivity contribution in [1.29, 1.82) is 0 Å². The van der Waals surface area contributed by atoms with Crippen LogP contribution in [0.5, 0.6) is 5.75 Å². The van der Waals surface area contributed by atoms with E-state index in [1.807, 2.05) is 30.3 Å². The second-order valence-corrected chi connectivity index (χ2v) is 5.85. The first kappa shape index (κ1) is 17.0. The van der Waals surface area contributed by atoms with Crippen molar-refractivity contribution in [2.45, 2.75) is 12.8 Å². The number of ether oxygens (including phenoxy) is 1.